The van der Waals surface area contributed by atoms with Crippen LogP contribution in [-0.2, 0) is 24.2 Å². The fraction of sp³-hybridized carbons (Fsp3) is 0.0233. The molecule has 7 aromatic rings. The van der Waals surface area contributed by atoms with E-state index < -0.39 is 0 Å². The molecule has 0 radical (unpaired) electrons. The van der Waals surface area contributed by atoms with Gasteiger partial charge in [0.15, 0.2) is 0 Å². The van der Waals surface area contributed by atoms with Crippen LogP contribution in [0, 0.1) is 6.08 Å². The minimum atomic E-state index is 0.911. The van der Waals surface area contributed by atoms with E-state index in [-0.39, 0.29) is 0 Å². The van der Waals surface area contributed by atoms with Crippen LogP contribution in [0.5, 0.6) is 0 Å². The Hall–Kier alpha value is -4.58. The van der Waals surface area contributed by atoms with Gasteiger partial charge in [-0.3, -0.25) is 0 Å². The first kappa shape index (κ1) is 29.5. The van der Waals surface area contributed by atoms with Crippen molar-refractivity contribution in [2.75, 3.05) is 0 Å². The summed E-state index contributed by atoms with van der Waals surface area (Å²) in [6.07, 6.45) is 6.60. The minimum Gasteiger partial charge on any atom is -0.126 e. The van der Waals surface area contributed by atoms with Crippen molar-refractivity contribution >= 4 is 35.9 Å². The molecule has 1 heteroatoms. The molecule has 7 aromatic carbocycles. The fourth-order valence-corrected chi connectivity index (χ4v) is 6.21. The van der Waals surface area contributed by atoms with Crippen molar-refractivity contribution in [3.63, 3.8) is 0 Å². The molecule has 0 saturated heterocycles. The first-order valence-corrected chi connectivity index (χ1v) is 16.1. The number of fused-ring (bicyclic) bond motifs is 3. The predicted octanol–water partition coefficient (Wildman–Crippen LogP) is 10.9. The molecule has 44 heavy (non-hydrogen) atoms. The van der Waals surface area contributed by atoms with Crippen molar-refractivity contribution in [2.45, 2.75) is 6.42 Å². The van der Waals surface area contributed by atoms with Crippen LogP contribution < -0.4 is 0 Å². The van der Waals surface area contributed by atoms with Crippen molar-refractivity contribution in [2.24, 2.45) is 0 Å². The number of benzene rings is 6. The van der Waals surface area contributed by atoms with E-state index in [0.29, 0.717) is 0 Å². The molecule has 0 fully saturated rings. The fourth-order valence-electron chi connectivity index (χ4n) is 5.39. The Morgan fingerprint density at radius 3 is 1.39 bits per heavy atom. The molecule has 0 unspecified atom stereocenters. The minimum absolute atomic E-state index is 0.911. The normalized spacial score (nSPS) is 12.0. The standard InChI is InChI=1S/C17H13.C13H9.C13H10.Zr/c1-3-7-14(8-4-1)16-11-12-17(13-16)15-9-5-2-6-10-15;1-3-7-12-10(5-1)9-11-6-2-4-8-13(11)12;1-3-7-12(8-4-1)11-13-9-5-2-6-10-13;/h1-10,13H,11H2;1-9H;1-10H;/q2*-1;;+2. The Labute approximate surface area is 275 Å². The van der Waals surface area contributed by atoms with Gasteiger partial charge in [0.25, 0.3) is 0 Å². The molecule has 0 N–H and O–H groups in total. The third-order valence-electron chi connectivity index (χ3n) is 7.66. The summed E-state index contributed by atoms with van der Waals surface area (Å²) >= 11 is 1.46. The monoisotopic (exact) mass is 638 g/mol. The number of rotatable bonds is 4. The van der Waals surface area contributed by atoms with E-state index in [1.807, 2.05) is 12.1 Å². The van der Waals surface area contributed by atoms with E-state index in [2.05, 4.69) is 176 Å². The molecule has 0 nitrogen and oxygen atoms in total. The summed E-state index contributed by atoms with van der Waals surface area (Å²) in [7, 11) is 0. The van der Waals surface area contributed by atoms with Crippen LogP contribution >= 0.6 is 0 Å². The first-order valence-electron chi connectivity index (χ1n) is 14.9. The Kier molecular flexibility index (Phi) is 9.88. The molecule has 1 aliphatic carbocycles. The van der Waals surface area contributed by atoms with Gasteiger partial charge in [-0.25, -0.2) is 0 Å². The van der Waals surface area contributed by atoms with Gasteiger partial charge < -0.3 is 0 Å². The summed E-state index contributed by atoms with van der Waals surface area (Å²) in [5.74, 6) is 0. The average Bonchev–Trinajstić information content (AvgIpc) is 3.76. The second-order valence-corrected chi connectivity index (χ2v) is 11.8. The van der Waals surface area contributed by atoms with E-state index in [1.54, 1.807) is 0 Å². The number of allylic oxidation sites excluding steroid dienone is 4. The Bertz CT molecular complexity index is 1920. The molecular formula is C43H32Zr. The molecule has 0 heterocycles. The van der Waals surface area contributed by atoms with Crippen LogP contribution in [0.1, 0.15) is 28.7 Å². The summed E-state index contributed by atoms with van der Waals surface area (Å²) < 4.78 is 1.42. The van der Waals surface area contributed by atoms with Crippen molar-refractivity contribution in [3.05, 3.63) is 210 Å². The maximum absolute atomic E-state index is 3.45. The SMILES string of the molecule is [C-]1=C(c2ccccc2)C=C(c2ccccc2)C1.[Zr+2]=[C](c1ccccc1)c1ccccc1.c1ccc2c(c1)[cH-]c1ccccc12. The molecular weight excluding hydrogens is 608 g/mol. The molecule has 0 spiro atoms. The molecule has 0 aromatic heterocycles. The summed E-state index contributed by atoms with van der Waals surface area (Å²) in [6, 6.07) is 61.3. The van der Waals surface area contributed by atoms with Crippen LogP contribution in [0.25, 0.3) is 32.7 Å². The largest absolute Gasteiger partial charge is 0.126 e. The van der Waals surface area contributed by atoms with E-state index >= 15 is 0 Å². The van der Waals surface area contributed by atoms with Crippen molar-refractivity contribution in [3.8, 4) is 0 Å². The van der Waals surface area contributed by atoms with Gasteiger partial charge in [-0.1, -0.05) is 91.3 Å². The van der Waals surface area contributed by atoms with Crippen LogP contribution in [0.4, 0.5) is 0 Å². The summed E-state index contributed by atoms with van der Waals surface area (Å²) in [5, 5.41) is 5.39. The Balaban J connectivity index is 0.000000118. The molecule has 0 bridgehead atoms. The molecule has 208 valence electrons. The predicted molar refractivity (Wildman–Crippen MR) is 185 cm³/mol. The van der Waals surface area contributed by atoms with Crippen LogP contribution in [-0.4, -0.2) is 3.21 Å². The van der Waals surface area contributed by atoms with Gasteiger partial charge in [-0.05, 0) is 5.56 Å². The van der Waals surface area contributed by atoms with Gasteiger partial charge in [0.2, 0.25) is 0 Å². The Morgan fingerprint density at radius 2 is 0.886 bits per heavy atom. The topological polar surface area (TPSA) is 0 Å². The van der Waals surface area contributed by atoms with Crippen LogP contribution in [0.2, 0.25) is 0 Å². The Morgan fingerprint density at radius 1 is 0.477 bits per heavy atom. The molecule has 0 amide bonds. The number of hydrogen-bond acceptors (Lipinski definition) is 0. The summed E-state index contributed by atoms with van der Waals surface area (Å²) in [6.45, 7) is 0. The quantitative estimate of drug-likeness (QED) is 0.168. The van der Waals surface area contributed by atoms with Crippen LogP contribution in [0.15, 0.2) is 182 Å². The second kappa shape index (κ2) is 14.7. The van der Waals surface area contributed by atoms with Gasteiger partial charge in [-0.15, -0.1) is 63.0 Å². The zero-order chi connectivity index (χ0) is 30.0. The third kappa shape index (κ3) is 7.31. The molecule has 1 aliphatic rings. The summed E-state index contributed by atoms with van der Waals surface area (Å²) in [5.41, 5.74) is 7.77. The maximum Gasteiger partial charge on any atom is -0.0771 e. The smallest absolute Gasteiger partial charge is 0.0771 e. The zero-order valence-corrected chi connectivity index (χ0v) is 27.0. The van der Waals surface area contributed by atoms with E-state index in [4.69, 9.17) is 0 Å². The molecule has 8 rings (SSSR count). The van der Waals surface area contributed by atoms with Crippen molar-refractivity contribution < 1.29 is 24.2 Å². The number of hydrogen-bond donors (Lipinski definition) is 0. The molecule has 0 aliphatic heterocycles. The van der Waals surface area contributed by atoms with Crippen LogP contribution in [0.3, 0.4) is 0 Å². The third-order valence-corrected chi connectivity index (χ3v) is 9.08. The van der Waals surface area contributed by atoms with Gasteiger partial charge in [0.05, 0.1) is 0 Å². The van der Waals surface area contributed by atoms with Crippen molar-refractivity contribution in [1.82, 2.24) is 0 Å². The molecule has 0 saturated carbocycles. The average molecular weight is 640 g/mol. The maximum atomic E-state index is 3.45. The van der Waals surface area contributed by atoms with Gasteiger partial charge in [0, 0.05) is 0 Å². The first-order chi connectivity index (χ1) is 21.8. The van der Waals surface area contributed by atoms with Crippen molar-refractivity contribution in [1.29, 1.82) is 0 Å². The van der Waals surface area contributed by atoms with Gasteiger partial charge in [0.1, 0.15) is 0 Å². The second-order valence-electron chi connectivity index (χ2n) is 10.6. The van der Waals surface area contributed by atoms with Gasteiger partial charge >= 0.3 is 99.2 Å². The zero-order valence-electron chi connectivity index (χ0n) is 24.5. The van der Waals surface area contributed by atoms with Gasteiger partial charge in [-0.2, -0.15) is 17.7 Å². The van der Waals surface area contributed by atoms with E-state index in [1.165, 1.54) is 82.4 Å². The summed E-state index contributed by atoms with van der Waals surface area (Å²) in [4.78, 5) is 0. The van der Waals surface area contributed by atoms with E-state index in [9.17, 15) is 0 Å². The molecule has 0 atom stereocenters. The van der Waals surface area contributed by atoms with E-state index in [0.717, 1.165) is 6.42 Å².